The van der Waals surface area contributed by atoms with Crippen LogP contribution in [0.25, 0.3) is 0 Å². The number of carbonyl (C=O) groups is 1. The molecule has 5 heteroatoms. The minimum atomic E-state index is -0.340. The maximum Gasteiger partial charge on any atom is 0.232 e. The molecule has 3 nitrogen and oxygen atoms in total. The summed E-state index contributed by atoms with van der Waals surface area (Å²) in [5.41, 5.74) is 1.04. The van der Waals surface area contributed by atoms with Crippen molar-refractivity contribution >= 4 is 39.9 Å². The molecule has 0 atom stereocenters. The number of rotatable bonds is 0. The Hall–Kier alpha value is -0.850. The first-order chi connectivity index (χ1) is 9.50. The molecule has 1 aromatic carbocycles. The molecule has 1 aliphatic carbocycles. The van der Waals surface area contributed by atoms with Gasteiger partial charge in [-0.15, -0.1) is 0 Å². The molecule has 3 rings (SSSR count). The zero-order chi connectivity index (χ0) is 14.3. The zero-order valence-electron chi connectivity index (χ0n) is 11.4. The molecule has 0 saturated heterocycles. The number of carbonyl (C=O) groups excluding carboxylic acids is 1. The normalized spacial score (nSPS) is 29.4. The summed E-state index contributed by atoms with van der Waals surface area (Å²) in [6.07, 6.45) is 3.97. The first kappa shape index (κ1) is 14.1. The molecule has 1 fully saturated rings. The maximum atomic E-state index is 13.7. The van der Waals surface area contributed by atoms with Crippen molar-refractivity contribution in [2.75, 3.05) is 17.2 Å². The van der Waals surface area contributed by atoms with E-state index in [2.05, 4.69) is 17.6 Å². The molecule has 1 aliphatic heterocycles. The highest BCUT2D eigenvalue weighted by atomic mass is 127. The first-order valence-corrected chi connectivity index (χ1v) is 8.12. The summed E-state index contributed by atoms with van der Waals surface area (Å²) in [5.74, 6) is 0.523. The Labute approximate surface area is 131 Å². The number of fused-ring (bicyclic) bond motifs is 1. The average Bonchev–Trinajstić information content (AvgIpc) is 2.54. The number of hydrogen-bond acceptors (Lipinski definition) is 2. The smallest absolute Gasteiger partial charge is 0.232 e. The van der Waals surface area contributed by atoms with Crippen molar-refractivity contribution < 1.29 is 9.18 Å². The van der Waals surface area contributed by atoms with Crippen LogP contribution in [0.5, 0.6) is 0 Å². The summed E-state index contributed by atoms with van der Waals surface area (Å²) in [7, 11) is 0. The van der Waals surface area contributed by atoms with Crippen molar-refractivity contribution in [3.05, 3.63) is 21.5 Å². The minimum absolute atomic E-state index is 0.0815. The van der Waals surface area contributed by atoms with Crippen LogP contribution in [0.1, 0.15) is 32.6 Å². The maximum absolute atomic E-state index is 13.7. The molecule has 0 bridgehead atoms. The molecular formula is C15H18FIN2O. The summed E-state index contributed by atoms with van der Waals surface area (Å²) in [6.45, 7) is 2.83. The van der Waals surface area contributed by atoms with Crippen molar-refractivity contribution in [3.63, 3.8) is 0 Å². The van der Waals surface area contributed by atoms with E-state index in [1.165, 1.54) is 6.07 Å². The fourth-order valence-electron chi connectivity index (χ4n) is 3.11. The second-order valence-electron chi connectivity index (χ2n) is 6.08. The molecular weight excluding hydrogens is 370 g/mol. The number of halogens is 2. The van der Waals surface area contributed by atoms with E-state index in [9.17, 15) is 9.18 Å². The van der Waals surface area contributed by atoms with Crippen LogP contribution < -0.4 is 10.6 Å². The molecule has 108 valence electrons. The van der Waals surface area contributed by atoms with Gasteiger partial charge in [0.25, 0.3) is 0 Å². The lowest BCUT2D eigenvalue weighted by Gasteiger charge is -2.36. The Kier molecular flexibility index (Phi) is 3.64. The van der Waals surface area contributed by atoms with Gasteiger partial charge in [-0.3, -0.25) is 4.79 Å². The lowest BCUT2D eigenvalue weighted by atomic mass is 9.70. The summed E-state index contributed by atoms with van der Waals surface area (Å²) in [5, 5.41) is 6.27. The molecule has 1 saturated carbocycles. The van der Waals surface area contributed by atoms with Crippen LogP contribution in [0, 0.1) is 20.7 Å². The van der Waals surface area contributed by atoms with Crippen molar-refractivity contribution in [2.24, 2.45) is 11.3 Å². The zero-order valence-corrected chi connectivity index (χ0v) is 13.6. The molecule has 1 amide bonds. The standard InChI is InChI=1S/C15H18FIN2O/c1-9-2-4-15(5-3-9)8-18-12-6-10(16)11(17)7-13(12)19-14(15)20/h6-7,9,18H,2-5,8H2,1H3,(H,19,20). The van der Waals surface area contributed by atoms with Crippen LogP contribution in [0.3, 0.4) is 0 Å². The molecule has 0 radical (unpaired) electrons. The van der Waals surface area contributed by atoms with E-state index in [0.717, 1.165) is 25.7 Å². The Balaban J connectivity index is 1.90. The van der Waals surface area contributed by atoms with E-state index in [1.54, 1.807) is 6.07 Å². The Morgan fingerprint density at radius 1 is 1.30 bits per heavy atom. The lowest BCUT2D eigenvalue weighted by Crippen LogP contribution is -2.42. The molecule has 2 N–H and O–H groups in total. The quantitative estimate of drug-likeness (QED) is 0.660. The van der Waals surface area contributed by atoms with Gasteiger partial charge in [0.15, 0.2) is 0 Å². The predicted molar refractivity (Wildman–Crippen MR) is 86.3 cm³/mol. The van der Waals surface area contributed by atoms with Crippen molar-refractivity contribution in [3.8, 4) is 0 Å². The van der Waals surface area contributed by atoms with E-state index in [4.69, 9.17) is 0 Å². The third kappa shape index (κ3) is 2.40. The molecule has 0 aromatic heterocycles. The van der Waals surface area contributed by atoms with E-state index in [1.807, 2.05) is 22.6 Å². The molecule has 1 heterocycles. The number of amides is 1. The monoisotopic (exact) mass is 388 g/mol. The molecule has 2 aliphatic rings. The van der Waals surface area contributed by atoms with Crippen molar-refractivity contribution in [1.82, 2.24) is 0 Å². The Bertz CT molecular complexity index is 553. The second kappa shape index (κ2) is 5.16. The summed E-state index contributed by atoms with van der Waals surface area (Å²) >= 11 is 1.94. The van der Waals surface area contributed by atoms with Gasteiger partial charge in [-0.25, -0.2) is 4.39 Å². The van der Waals surface area contributed by atoms with Crippen LogP contribution in [-0.4, -0.2) is 12.5 Å². The van der Waals surface area contributed by atoms with E-state index >= 15 is 0 Å². The van der Waals surface area contributed by atoms with E-state index in [-0.39, 0.29) is 17.1 Å². The highest BCUT2D eigenvalue weighted by molar-refractivity contribution is 14.1. The summed E-state index contributed by atoms with van der Waals surface area (Å²) in [4.78, 5) is 12.6. The van der Waals surface area contributed by atoms with Crippen molar-refractivity contribution in [2.45, 2.75) is 32.6 Å². The fraction of sp³-hybridized carbons (Fsp3) is 0.533. The third-order valence-electron chi connectivity index (χ3n) is 4.64. The average molecular weight is 388 g/mol. The van der Waals surface area contributed by atoms with Gasteiger partial charge >= 0.3 is 0 Å². The lowest BCUT2D eigenvalue weighted by molar-refractivity contribution is -0.126. The largest absolute Gasteiger partial charge is 0.382 e. The number of hydrogen-bond donors (Lipinski definition) is 2. The minimum Gasteiger partial charge on any atom is -0.382 e. The highest BCUT2D eigenvalue weighted by Gasteiger charge is 2.42. The fourth-order valence-corrected chi connectivity index (χ4v) is 3.58. The van der Waals surface area contributed by atoms with Gasteiger partial charge < -0.3 is 10.6 Å². The Morgan fingerprint density at radius 2 is 2.00 bits per heavy atom. The second-order valence-corrected chi connectivity index (χ2v) is 7.24. The molecule has 0 unspecified atom stereocenters. The summed E-state index contributed by atoms with van der Waals surface area (Å²) in [6, 6.07) is 3.17. The van der Waals surface area contributed by atoms with Gasteiger partial charge in [-0.05, 0) is 60.3 Å². The van der Waals surface area contributed by atoms with Crippen LogP contribution >= 0.6 is 22.6 Å². The van der Waals surface area contributed by atoms with Gasteiger partial charge in [0.1, 0.15) is 5.82 Å². The Morgan fingerprint density at radius 3 is 2.70 bits per heavy atom. The van der Waals surface area contributed by atoms with Gasteiger partial charge in [0, 0.05) is 12.6 Å². The highest BCUT2D eigenvalue weighted by Crippen LogP contribution is 2.42. The van der Waals surface area contributed by atoms with Gasteiger partial charge in [-0.1, -0.05) is 6.92 Å². The topological polar surface area (TPSA) is 41.1 Å². The van der Waals surface area contributed by atoms with Crippen LogP contribution in [0.4, 0.5) is 15.8 Å². The van der Waals surface area contributed by atoms with Gasteiger partial charge in [0.2, 0.25) is 5.91 Å². The van der Waals surface area contributed by atoms with Crippen molar-refractivity contribution in [1.29, 1.82) is 0 Å². The molecule has 1 spiro atoms. The van der Waals surface area contributed by atoms with Crippen LogP contribution in [0.15, 0.2) is 12.1 Å². The predicted octanol–water partition coefficient (Wildman–Crippen LogP) is 3.99. The molecule has 1 aromatic rings. The third-order valence-corrected chi connectivity index (χ3v) is 5.47. The SMILES string of the molecule is CC1CCC2(CC1)CNc1cc(F)c(I)cc1NC2=O. The van der Waals surface area contributed by atoms with E-state index < -0.39 is 0 Å². The number of anilines is 2. The molecule has 20 heavy (non-hydrogen) atoms. The van der Waals surface area contributed by atoms with Gasteiger partial charge in [-0.2, -0.15) is 0 Å². The van der Waals surface area contributed by atoms with Crippen LogP contribution in [0.2, 0.25) is 0 Å². The number of benzene rings is 1. The van der Waals surface area contributed by atoms with E-state index in [0.29, 0.717) is 27.4 Å². The first-order valence-electron chi connectivity index (χ1n) is 7.04. The van der Waals surface area contributed by atoms with Crippen LogP contribution in [-0.2, 0) is 4.79 Å². The summed E-state index contributed by atoms with van der Waals surface area (Å²) < 4.78 is 14.2. The van der Waals surface area contributed by atoms with Gasteiger partial charge in [0.05, 0.1) is 20.4 Å². The number of nitrogens with one attached hydrogen (secondary N) is 2.